The molecule has 9 heteroatoms. The van der Waals surface area contributed by atoms with Crippen LogP contribution in [0.5, 0.6) is 5.88 Å². The van der Waals surface area contributed by atoms with Gasteiger partial charge in [0.15, 0.2) is 5.65 Å². The van der Waals surface area contributed by atoms with Crippen molar-refractivity contribution in [2.45, 2.75) is 38.8 Å². The van der Waals surface area contributed by atoms with Crippen LogP contribution < -0.4 is 4.74 Å². The summed E-state index contributed by atoms with van der Waals surface area (Å²) in [5.41, 5.74) is 1.62. The van der Waals surface area contributed by atoms with Crippen LogP contribution in [0.25, 0.3) is 5.65 Å². The summed E-state index contributed by atoms with van der Waals surface area (Å²) in [6.07, 6.45) is -2.58. The van der Waals surface area contributed by atoms with Crippen LogP contribution in [0.2, 0.25) is 0 Å². The summed E-state index contributed by atoms with van der Waals surface area (Å²) in [6, 6.07) is 3.59. The van der Waals surface area contributed by atoms with Gasteiger partial charge >= 0.3 is 6.18 Å². The zero-order valence-electron chi connectivity index (χ0n) is 14.5. The zero-order chi connectivity index (χ0) is 18.7. The fourth-order valence-corrected chi connectivity index (χ4v) is 3.02. The van der Waals surface area contributed by atoms with Crippen LogP contribution in [0.1, 0.15) is 31.4 Å². The molecule has 1 fully saturated rings. The highest BCUT2D eigenvalue weighted by molar-refractivity contribution is 5.76. The second-order valence-corrected chi connectivity index (χ2v) is 6.61. The maximum Gasteiger partial charge on any atom is 0.389 e. The molecule has 1 amide bonds. The lowest BCUT2D eigenvalue weighted by Crippen LogP contribution is -2.40. The van der Waals surface area contributed by atoms with Crippen LogP contribution in [-0.4, -0.2) is 51.3 Å². The molecule has 6 nitrogen and oxygen atoms in total. The van der Waals surface area contributed by atoms with Crippen LogP contribution >= 0.6 is 0 Å². The number of amides is 1. The highest BCUT2D eigenvalue weighted by Gasteiger charge is 2.30. The lowest BCUT2D eigenvalue weighted by molar-refractivity contribution is -0.149. The molecule has 3 heterocycles. The molecule has 0 radical (unpaired) electrons. The van der Waals surface area contributed by atoms with Crippen molar-refractivity contribution in [2.75, 3.05) is 19.7 Å². The number of rotatable bonds is 5. The minimum atomic E-state index is -4.29. The van der Waals surface area contributed by atoms with Gasteiger partial charge in [0.05, 0.1) is 24.9 Å². The van der Waals surface area contributed by atoms with E-state index in [-0.39, 0.29) is 5.92 Å². The number of nitrogens with zero attached hydrogens (tertiary/aromatic N) is 4. The van der Waals surface area contributed by atoms with Gasteiger partial charge in [-0.25, -0.2) is 9.50 Å². The van der Waals surface area contributed by atoms with Gasteiger partial charge in [-0.3, -0.25) is 4.79 Å². The highest BCUT2D eigenvalue weighted by atomic mass is 19.4. The van der Waals surface area contributed by atoms with Gasteiger partial charge < -0.3 is 9.64 Å². The molecule has 0 spiro atoms. The molecule has 0 aliphatic carbocycles. The Labute approximate surface area is 148 Å². The predicted molar refractivity (Wildman–Crippen MR) is 87.8 cm³/mol. The summed E-state index contributed by atoms with van der Waals surface area (Å²) < 4.78 is 44.0. The van der Waals surface area contributed by atoms with Gasteiger partial charge in [-0.2, -0.15) is 13.2 Å². The van der Waals surface area contributed by atoms with Gasteiger partial charge in [0.2, 0.25) is 11.8 Å². The van der Waals surface area contributed by atoms with E-state index in [0.717, 1.165) is 11.3 Å². The number of aryl methyl sites for hydroxylation is 1. The molecule has 0 saturated carbocycles. The van der Waals surface area contributed by atoms with Crippen molar-refractivity contribution in [3.05, 3.63) is 24.0 Å². The lowest BCUT2D eigenvalue weighted by atomic mass is 9.97. The Hall–Kier alpha value is -2.32. The van der Waals surface area contributed by atoms with Crippen molar-refractivity contribution in [3.63, 3.8) is 0 Å². The Morgan fingerprint density at radius 2 is 2.04 bits per heavy atom. The van der Waals surface area contributed by atoms with Crippen molar-refractivity contribution >= 4 is 11.6 Å². The van der Waals surface area contributed by atoms with E-state index < -0.39 is 24.9 Å². The topological polar surface area (TPSA) is 59.7 Å². The van der Waals surface area contributed by atoms with Gasteiger partial charge in [0, 0.05) is 25.6 Å². The molecule has 3 rings (SSSR count). The van der Waals surface area contributed by atoms with Crippen molar-refractivity contribution in [1.29, 1.82) is 0 Å². The van der Waals surface area contributed by atoms with E-state index in [2.05, 4.69) is 10.1 Å². The monoisotopic (exact) mass is 370 g/mol. The summed E-state index contributed by atoms with van der Waals surface area (Å²) in [7, 11) is 0. The van der Waals surface area contributed by atoms with E-state index in [1.165, 1.54) is 4.90 Å². The number of alkyl halides is 3. The van der Waals surface area contributed by atoms with Gasteiger partial charge in [-0.1, -0.05) is 0 Å². The number of fused-ring (bicyclic) bond motifs is 1. The van der Waals surface area contributed by atoms with Crippen LogP contribution in [0.15, 0.2) is 18.3 Å². The van der Waals surface area contributed by atoms with E-state index in [1.54, 1.807) is 10.6 Å². The summed E-state index contributed by atoms with van der Waals surface area (Å²) >= 11 is 0. The number of piperidine rings is 1. The first-order valence-electron chi connectivity index (χ1n) is 8.60. The highest BCUT2D eigenvalue weighted by Crippen LogP contribution is 2.24. The third kappa shape index (κ3) is 4.86. The molecule has 0 N–H and O–H groups in total. The average molecular weight is 370 g/mol. The molecular weight excluding hydrogens is 349 g/mol. The largest absolute Gasteiger partial charge is 0.476 e. The van der Waals surface area contributed by atoms with Crippen molar-refractivity contribution in [3.8, 4) is 5.88 Å². The zero-order valence-corrected chi connectivity index (χ0v) is 14.5. The van der Waals surface area contributed by atoms with Crippen molar-refractivity contribution in [1.82, 2.24) is 19.5 Å². The number of imidazole rings is 1. The summed E-state index contributed by atoms with van der Waals surface area (Å²) in [5.74, 6) is 0.326. The van der Waals surface area contributed by atoms with Crippen LogP contribution in [0.3, 0.4) is 0 Å². The Morgan fingerprint density at radius 1 is 1.31 bits per heavy atom. The molecule has 1 aliphatic heterocycles. The minimum absolute atomic E-state index is 0.253. The number of likely N-dealkylation sites (tertiary alicyclic amines) is 1. The van der Waals surface area contributed by atoms with Gasteiger partial charge in [-0.15, -0.1) is 5.10 Å². The summed E-state index contributed by atoms with van der Waals surface area (Å²) in [4.78, 5) is 17.6. The van der Waals surface area contributed by atoms with Crippen LogP contribution in [0, 0.1) is 12.8 Å². The van der Waals surface area contributed by atoms with E-state index in [1.807, 2.05) is 19.2 Å². The SMILES string of the molecule is Cc1cn2nc(OCC3CCN(C(=O)CCC(F)(F)F)CC3)ccc2n1. The molecule has 1 saturated heterocycles. The van der Waals surface area contributed by atoms with E-state index >= 15 is 0 Å². The van der Waals surface area contributed by atoms with E-state index in [4.69, 9.17) is 4.74 Å². The number of carbonyl (C=O) groups excluding carboxylic acids is 1. The standard InChI is InChI=1S/C17H21F3N4O2/c1-12-10-24-14(21-12)2-3-15(22-24)26-11-13-5-8-23(9-6-13)16(25)4-7-17(18,19)20/h2-3,10,13H,4-9,11H2,1H3. The second-order valence-electron chi connectivity index (χ2n) is 6.61. The van der Waals surface area contributed by atoms with Gasteiger partial charge in [0.1, 0.15) is 0 Å². The number of hydrogen-bond acceptors (Lipinski definition) is 4. The molecule has 2 aromatic heterocycles. The summed E-state index contributed by atoms with van der Waals surface area (Å²) in [6.45, 7) is 3.30. The van der Waals surface area contributed by atoms with Crippen LogP contribution in [-0.2, 0) is 4.79 Å². The summed E-state index contributed by atoms with van der Waals surface area (Å²) in [5, 5.41) is 4.33. The molecule has 142 valence electrons. The number of hydrogen-bond donors (Lipinski definition) is 0. The molecule has 2 aromatic rings. The predicted octanol–water partition coefficient (Wildman–Crippen LogP) is 3.00. The second kappa shape index (κ2) is 7.51. The number of halogens is 3. The maximum atomic E-state index is 12.2. The van der Waals surface area contributed by atoms with E-state index in [9.17, 15) is 18.0 Å². The smallest absolute Gasteiger partial charge is 0.389 e. The molecular formula is C17H21F3N4O2. The van der Waals surface area contributed by atoms with Gasteiger partial charge in [0.25, 0.3) is 0 Å². The van der Waals surface area contributed by atoms with E-state index in [0.29, 0.717) is 38.4 Å². The Kier molecular flexibility index (Phi) is 5.33. The first kappa shape index (κ1) is 18.5. The maximum absolute atomic E-state index is 12.2. The fraction of sp³-hybridized carbons (Fsp3) is 0.588. The normalized spacial score (nSPS) is 16.2. The first-order chi connectivity index (χ1) is 12.3. The lowest BCUT2D eigenvalue weighted by Gasteiger charge is -2.32. The molecule has 0 atom stereocenters. The Balaban J connectivity index is 1.44. The Morgan fingerprint density at radius 3 is 2.73 bits per heavy atom. The average Bonchev–Trinajstić information content (AvgIpc) is 2.97. The third-order valence-electron chi connectivity index (χ3n) is 4.47. The van der Waals surface area contributed by atoms with Crippen molar-refractivity contribution in [2.24, 2.45) is 5.92 Å². The minimum Gasteiger partial charge on any atom is -0.476 e. The fourth-order valence-electron chi connectivity index (χ4n) is 3.02. The number of ether oxygens (including phenoxy) is 1. The number of carbonyl (C=O) groups is 1. The van der Waals surface area contributed by atoms with Crippen molar-refractivity contribution < 1.29 is 22.7 Å². The Bertz CT molecular complexity index is 767. The van der Waals surface area contributed by atoms with Crippen LogP contribution in [0.4, 0.5) is 13.2 Å². The van der Waals surface area contributed by atoms with Gasteiger partial charge in [-0.05, 0) is 31.7 Å². The third-order valence-corrected chi connectivity index (χ3v) is 4.47. The molecule has 0 bridgehead atoms. The molecule has 26 heavy (non-hydrogen) atoms. The first-order valence-corrected chi connectivity index (χ1v) is 8.60. The molecule has 1 aliphatic rings. The number of aromatic nitrogens is 3. The quantitative estimate of drug-likeness (QED) is 0.812. The molecule has 0 unspecified atom stereocenters. The molecule has 0 aromatic carbocycles.